The van der Waals surface area contributed by atoms with Gasteiger partial charge in [0, 0.05) is 0 Å². The molecular weight excluding hydrogens is 559 g/mol. The molecule has 3 aromatic rings. The molecule has 6 atom stereocenters. The molecule has 4 heterocycles. The molecule has 1 aromatic carbocycles. The lowest BCUT2D eigenvalue weighted by Crippen LogP contribution is -2.39. The maximum Gasteiger partial charge on any atom is 0.509 e. The van der Waals surface area contributed by atoms with Gasteiger partial charge in [-0.2, -0.15) is 15.4 Å². The zero-order valence-electron chi connectivity index (χ0n) is 22.2. The maximum absolute atomic E-state index is 13.9. The number of fused-ring (bicyclic) bond motifs is 2. The molecule has 0 amide bonds. The van der Waals surface area contributed by atoms with Crippen LogP contribution in [0.15, 0.2) is 48.8 Å². The van der Waals surface area contributed by atoms with E-state index in [9.17, 15) is 19.4 Å². The Morgan fingerprint density at radius 3 is 2.71 bits per heavy atom. The highest BCUT2D eigenvalue weighted by atomic mass is 31.2. The number of nitriles is 1. The number of para-hydroxylation sites is 1. The van der Waals surface area contributed by atoms with Gasteiger partial charge in [0.05, 0.1) is 18.4 Å². The van der Waals surface area contributed by atoms with Crippen LogP contribution in [0.2, 0.25) is 0 Å². The molecule has 2 aromatic heterocycles. The molecule has 0 radical (unpaired) electrons. The first-order chi connectivity index (χ1) is 19.5. The van der Waals surface area contributed by atoms with E-state index < -0.39 is 62.5 Å². The Balaban J connectivity index is 1.43. The predicted octanol–water partition coefficient (Wildman–Crippen LogP) is 2.47. The Morgan fingerprint density at radius 1 is 1.24 bits per heavy atom. The zero-order chi connectivity index (χ0) is 29.4. The van der Waals surface area contributed by atoms with E-state index in [1.807, 2.05) is 0 Å². The Kier molecular flexibility index (Phi) is 7.58. The highest BCUT2D eigenvalue weighted by Gasteiger charge is 2.65. The van der Waals surface area contributed by atoms with Gasteiger partial charge in [-0.3, -0.25) is 9.32 Å². The van der Waals surface area contributed by atoms with E-state index in [1.54, 1.807) is 56.3 Å². The molecule has 0 bridgehead atoms. The number of ether oxygens (including phenoxy) is 4. The minimum absolute atomic E-state index is 0.156. The van der Waals surface area contributed by atoms with Gasteiger partial charge >= 0.3 is 19.9 Å². The zero-order valence-corrected chi connectivity index (χ0v) is 23.1. The lowest BCUT2D eigenvalue weighted by Gasteiger charge is -2.26. The summed E-state index contributed by atoms with van der Waals surface area (Å²) in [6.45, 7) is 4.30. The van der Waals surface area contributed by atoms with Crippen molar-refractivity contribution in [1.29, 1.82) is 5.26 Å². The molecule has 0 aliphatic carbocycles. The van der Waals surface area contributed by atoms with Gasteiger partial charge in [0.25, 0.3) is 0 Å². The molecule has 216 valence electrons. The van der Waals surface area contributed by atoms with Crippen molar-refractivity contribution in [2.75, 3.05) is 12.3 Å². The van der Waals surface area contributed by atoms with Crippen molar-refractivity contribution in [1.82, 2.24) is 19.7 Å². The first-order valence-corrected chi connectivity index (χ1v) is 14.1. The van der Waals surface area contributed by atoms with Crippen molar-refractivity contribution in [3.8, 4) is 11.8 Å². The molecule has 3 N–H and O–H groups in total. The molecular formula is C25H27N6O9P. The van der Waals surface area contributed by atoms with Crippen LogP contribution in [-0.2, 0) is 38.4 Å². The van der Waals surface area contributed by atoms with Crippen molar-refractivity contribution in [2.45, 2.75) is 56.8 Å². The largest absolute Gasteiger partial charge is 0.509 e. The van der Waals surface area contributed by atoms with Crippen LogP contribution in [-0.4, -0.2) is 63.8 Å². The first-order valence-electron chi connectivity index (χ1n) is 12.6. The summed E-state index contributed by atoms with van der Waals surface area (Å²) in [7, 11) is -4.29. The number of anilines is 1. The van der Waals surface area contributed by atoms with Gasteiger partial charge in [-0.15, -0.1) is 0 Å². The SMILES string of the molecule is CC(C)OC(=O)[C@H](C)N[P@](=O)(OC[C@H]1O[C@@](C#N)(c2ccc3c(N)ncnn23)[C@@H]2OC(=O)O[C@@H]21)Oc1ccccc1. The van der Waals surface area contributed by atoms with Crippen molar-refractivity contribution < 1.29 is 42.1 Å². The fourth-order valence-corrected chi connectivity index (χ4v) is 6.05. The third-order valence-electron chi connectivity index (χ3n) is 6.32. The highest BCUT2D eigenvalue weighted by Crippen LogP contribution is 2.49. The average molecular weight is 586 g/mol. The number of hydrogen-bond donors (Lipinski definition) is 2. The van der Waals surface area contributed by atoms with E-state index in [0.29, 0.717) is 5.52 Å². The summed E-state index contributed by atoms with van der Waals surface area (Å²) in [6.07, 6.45) is -3.73. The van der Waals surface area contributed by atoms with Crippen molar-refractivity contribution in [3.05, 3.63) is 54.5 Å². The minimum Gasteiger partial charge on any atom is -0.462 e. The second-order valence-electron chi connectivity index (χ2n) is 9.57. The van der Waals surface area contributed by atoms with Crippen LogP contribution >= 0.6 is 7.75 Å². The van der Waals surface area contributed by atoms with Crippen LogP contribution in [0.3, 0.4) is 0 Å². The predicted molar refractivity (Wildman–Crippen MR) is 139 cm³/mol. The number of nitrogens with one attached hydrogen (secondary N) is 1. The number of nitrogens with zero attached hydrogens (tertiary/aromatic N) is 4. The number of nitrogens with two attached hydrogens (primary N) is 1. The van der Waals surface area contributed by atoms with Gasteiger partial charge < -0.3 is 29.2 Å². The summed E-state index contributed by atoms with van der Waals surface area (Å²) in [5.74, 6) is -0.332. The number of aromatic nitrogens is 3. The Hall–Kier alpha value is -4.22. The highest BCUT2D eigenvalue weighted by molar-refractivity contribution is 7.52. The third kappa shape index (κ3) is 5.42. The molecule has 15 nitrogen and oxygen atoms in total. The van der Waals surface area contributed by atoms with Gasteiger partial charge in [0.15, 0.2) is 18.0 Å². The number of carbonyl (C=O) groups is 2. The molecule has 16 heteroatoms. The molecule has 0 saturated carbocycles. The molecule has 5 rings (SSSR count). The van der Waals surface area contributed by atoms with Gasteiger partial charge in [-0.05, 0) is 45.0 Å². The monoisotopic (exact) mass is 586 g/mol. The fourth-order valence-electron chi connectivity index (χ4n) is 4.55. The summed E-state index contributed by atoms with van der Waals surface area (Å²) in [4.78, 5) is 28.6. The number of rotatable bonds is 10. The lowest BCUT2D eigenvalue weighted by atomic mass is 9.92. The second kappa shape index (κ2) is 11.0. The molecule has 0 spiro atoms. The lowest BCUT2D eigenvalue weighted by molar-refractivity contribution is -0.149. The molecule has 2 aliphatic rings. The molecule has 2 fully saturated rings. The summed E-state index contributed by atoms with van der Waals surface area (Å²) < 4.78 is 48.7. The van der Waals surface area contributed by atoms with E-state index in [2.05, 4.69) is 21.2 Å². The summed E-state index contributed by atoms with van der Waals surface area (Å²) >= 11 is 0. The van der Waals surface area contributed by atoms with Crippen molar-refractivity contribution in [2.24, 2.45) is 0 Å². The Morgan fingerprint density at radius 2 is 2.00 bits per heavy atom. The van der Waals surface area contributed by atoms with Crippen molar-refractivity contribution >= 4 is 31.2 Å². The Labute approximate surface area is 234 Å². The minimum atomic E-state index is -4.29. The molecule has 0 unspecified atom stereocenters. The first kappa shape index (κ1) is 28.3. The van der Waals surface area contributed by atoms with E-state index in [1.165, 1.54) is 17.8 Å². The second-order valence-corrected chi connectivity index (χ2v) is 11.3. The number of esters is 1. The molecule has 2 saturated heterocycles. The quantitative estimate of drug-likeness (QED) is 0.259. The summed E-state index contributed by atoms with van der Waals surface area (Å²) in [6, 6.07) is 12.3. The average Bonchev–Trinajstić information content (AvgIpc) is 3.61. The van der Waals surface area contributed by atoms with Crippen molar-refractivity contribution in [3.63, 3.8) is 0 Å². The number of benzene rings is 1. The van der Waals surface area contributed by atoms with Gasteiger partial charge in [0.1, 0.15) is 35.8 Å². The smallest absolute Gasteiger partial charge is 0.462 e. The van der Waals surface area contributed by atoms with Gasteiger partial charge in [-0.25, -0.2) is 18.9 Å². The standard InChI is InChI=1S/C25H27N6O9P/c1-14(2)36-23(32)15(3)30-41(34,40-16-7-5-4-6-8-16)35-11-18-20-21(38-24(33)37-20)25(12-26,39-18)19-10-9-17-22(27)28-13-29-31(17)19/h4-10,13-15,18,20-21H,11H2,1-3H3,(H,30,34)(H2,27,28,29)/t15-,18+,20+,21+,25-,41-/m0/s1. The Bertz CT molecular complexity index is 1540. The van der Waals surface area contributed by atoms with E-state index >= 15 is 0 Å². The number of nitrogen functional groups attached to an aromatic ring is 1. The van der Waals surface area contributed by atoms with E-state index in [4.69, 9.17) is 33.7 Å². The van der Waals surface area contributed by atoms with Crippen LogP contribution in [0.25, 0.3) is 5.52 Å². The molecule has 41 heavy (non-hydrogen) atoms. The van der Waals surface area contributed by atoms with E-state index in [0.717, 1.165) is 0 Å². The van der Waals surface area contributed by atoms with Gasteiger partial charge in [0.2, 0.25) is 5.60 Å². The van der Waals surface area contributed by atoms with Crippen LogP contribution in [0.1, 0.15) is 26.5 Å². The molecule has 2 aliphatic heterocycles. The third-order valence-corrected chi connectivity index (χ3v) is 7.97. The normalized spacial score (nSPS) is 25.5. The van der Waals surface area contributed by atoms with Crippen LogP contribution in [0.4, 0.5) is 10.6 Å². The number of carbonyl (C=O) groups excluding carboxylic acids is 2. The van der Waals surface area contributed by atoms with Crippen LogP contribution < -0.4 is 15.3 Å². The maximum atomic E-state index is 13.9. The van der Waals surface area contributed by atoms with E-state index in [-0.39, 0.29) is 17.3 Å². The van der Waals surface area contributed by atoms with Gasteiger partial charge in [-0.1, -0.05) is 18.2 Å². The van der Waals surface area contributed by atoms with Crippen LogP contribution in [0, 0.1) is 11.3 Å². The topological polar surface area (TPSA) is 199 Å². The number of hydrogen-bond acceptors (Lipinski definition) is 13. The van der Waals surface area contributed by atoms with Crippen LogP contribution in [0.5, 0.6) is 5.75 Å². The summed E-state index contributed by atoms with van der Waals surface area (Å²) in [5, 5.41) is 17.1. The fraction of sp³-hybridized carbons (Fsp3) is 0.400. The summed E-state index contributed by atoms with van der Waals surface area (Å²) in [5.41, 5.74) is 4.64.